The second-order valence-electron chi connectivity index (χ2n) is 16.4. The monoisotopic (exact) mass is 889 g/mol. The van der Waals surface area contributed by atoms with Gasteiger partial charge in [-0.15, -0.1) is 0 Å². The van der Waals surface area contributed by atoms with Crippen molar-refractivity contribution in [1.82, 2.24) is 31.5 Å². The van der Waals surface area contributed by atoms with Gasteiger partial charge in [-0.25, -0.2) is 14.8 Å². The quantitative estimate of drug-likeness (QED) is 0.0698. The number of Topliss-reactive ketones (excluding diaryl/α,β-unsaturated/α-hetero) is 1. The molecule has 2 aliphatic heterocycles. The third-order valence-electron chi connectivity index (χ3n) is 11.0. The van der Waals surface area contributed by atoms with Gasteiger partial charge in [0, 0.05) is 50.1 Å². The lowest BCUT2D eigenvalue weighted by Gasteiger charge is -2.36. The number of esters is 1. The van der Waals surface area contributed by atoms with Gasteiger partial charge in [0.1, 0.15) is 47.4 Å². The largest absolute Gasteiger partial charge is 0.508 e. The highest BCUT2D eigenvalue weighted by Crippen LogP contribution is 2.24. The summed E-state index contributed by atoms with van der Waals surface area (Å²) in [6, 6.07) is 3.73. The molecule has 17 nitrogen and oxygen atoms in total. The van der Waals surface area contributed by atoms with E-state index in [0.29, 0.717) is 17.8 Å². The Labute approximate surface area is 372 Å². The molecule has 4 rings (SSSR count). The Hall–Kier alpha value is -6.08. The van der Waals surface area contributed by atoms with E-state index in [4.69, 9.17) is 4.74 Å². The summed E-state index contributed by atoms with van der Waals surface area (Å²) in [6.07, 6.45) is 10.5. The number of nitrogens with zero attached hydrogens (tertiary/aromatic N) is 2. The molecule has 1 aromatic carbocycles. The number of halogens is 1. The number of phenols is 1. The number of hydrogen-bond donors (Lipinski definition) is 8. The van der Waals surface area contributed by atoms with E-state index < -0.39 is 95.3 Å². The zero-order valence-corrected chi connectivity index (χ0v) is 36.7. The number of aliphatic hydroxyl groups is 1. The minimum Gasteiger partial charge on any atom is -0.508 e. The number of aromatic nitrogens is 1. The number of nitrogens with one attached hydrogen (secondary N) is 5. The Morgan fingerprint density at radius 3 is 2.52 bits per heavy atom. The third-order valence-corrected chi connectivity index (χ3v) is 11.0. The number of cyclic esters (lactones) is 1. The number of rotatable bonds is 11. The number of anilines is 1. The number of pyridine rings is 1. The molecule has 0 saturated carbocycles. The zero-order chi connectivity index (χ0) is 46.9. The number of aromatic hydroxyl groups is 1. The van der Waals surface area contributed by atoms with Crippen molar-refractivity contribution in [2.45, 2.75) is 110 Å². The molecule has 2 bridgehead atoms. The highest BCUT2D eigenvalue weighted by atomic mass is 19.1. The first-order valence-corrected chi connectivity index (χ1v) is 21.3. The fourth-order valence-electron chi connectivity index (χ4n) is 7.29. The van der Waals surface area contributed by atoms with E-state index in [1.165, 1.54) is 36.3 Å². The minimum absolute atomic E-state index is 0.0646. The normalized spacial score (nSPS) is 26.8. The fraction of sp³-hybridized carbons (Fsp3) is 0.457. The first kappa shape index (κ1) is 50.6. The summed E-state index contributed by atoms with van der Waals surface area (Å²) in [5.74, 6) is -7.04. The van der Waals surface area contributed by atoms with Crippen molar-refractivity contribution in [1.29, 1.82) is 0 Å². The number of benzene rings is 1. The van der Waals surface area contributed by atoms with Crippen LogP contribution in [0.25, 0.3) is 0 Å². The maximum Gasteiger partial charge on any atom is 0.325 e. The minimum atomic E-state index is -1.44. The molecular formula is C46H60FN7O10. The van der Waals surface area contributed by atoms with Crippen LogP contribution in [0.15, 0.2) is 90.7 Å². The maximum absolute atomic E-state index is 14.5. The first-order chi connectivity index (χ1) is 30.5. The van der Waals surface area contributed by atoms with Crippen LogP contribution in [0.1, 0.15) is 72.3 Å². The topological polar surface area (TPSA) is 249 Å². The van der Waals surface area contributed by atoms with Crippen LogP contribution in [0.3, 0.4) is 0 Å². The Balaban J connectivity index is 1.73. The predicted octanol–water partition coefficient (Wildman–Crippen LogP) is 3.49. The number of hydroxylamine groups is 1. The Morgan fingerprint density at radius 1 is 1.08 bits per heavy atom. The molecule has 4 amide bonds. The van der Waals surface area contributed by atoms with Gasteiger partial charge < -0.3 is 40.9 Å². The lowest BCUT2D eigenvalue weighted by molar-refractivity contribution is -0.156. The van der Waals surface area contributed by atoms with Crippen LogP contribution in [-0.4, -0.2) is 104 Å². The highest BCUT2D eigenvalue weighted by Gasteiger charge is 2.39. The van der Waals surface area contributed by atoms with Gasteiger partial charge in [-0.3, -0.25) is 29.0 Å². The number of phenolic OH excluding ortho intramolecular Hbond substituents is 1. The van der Waals surface area contributed by atoms with E-state index in [-0.39, 0.29) is 50.0 Å². The fourth-order valence-corrected chi connectivity index (χ4v) is 7.29. The lowest BCUT2D eigenvalue weighted by Crippen LogP contribution is -2.62. The number of carbonyl (C=O) groups excluding carboxylic acids is 6. The molecule has 0 radical (unpaired) electrons. The van der Waals surface area contributed by atoms with Gasteiger partial charge >= 0.3 is 5.97 Å². The molecule has 346 valence electrons. The molecule has 8 N–H and O–H groups in total. The van der Waals surface area contributed by atoms with Crippen LogP contribution in [0, 0.1) is 23.6 Å². The summed E-state index contributed by atoms with van der Waals surface area (Å²) in [5.41, 5.74) is 5.81. The standard InChI is InChI=1S/C46H60FN7O10/c1-27(2)41-44(60)49-37(25-31-23-32(47)26-33(56)24-31)45(61)54-22-12-15-36(52-54)46(62)64-38(28(3)13-11-18-40(57)50-39-17-9-10-21-48-39)16-8-6-7-14-35(53-63)30(5)42(58)34(43(59)51-41)20-19-29(4)55/h6-11,13-14,17-18,21,23-24,26-27,30,34-38,41-42,52-53,56,58,63H,12,15-16,19-20,22,25H2,1-5H3,(H,49,60)(H,51,59)(H,48,50,57)/b8-6+,14-7+,18-11+,28-13+/t30-,34+,35-,36?,37-,38-,41-,42+/m0/s1. The molecule has 0 aliphatic carbocycles. The number of ketones is 1. The lowest BCUT2D eigenvalue weighted by atomic mass is 9.83. The van der Waals surface area contributed by atoms with Crippen LogP contribution in [0.4, 0.5) is 10.2 Å². The molecular weight excluding hydrogens is 830 g/mol. The van der Waals surface area contributed by atoms with Crippen LogP contribution in [0.2, 0.25) is 0 Å². The number of aliphatic hydroxyl groups excluding tert-OH is 1. The van der Waals surface area contributed by atoms with E-state index >= 15 is 0 Å². The number of fused-ring (bicyclic) bond motifs is 2. The Kier molecular flexibility index (Phi) is 19.5. The second kappa shape index (κ2) is 24.7. The molecule has 2 aliphatic rings. The highest BCUT2D eigenvalue weighted by molar-refractivity contribution is 5.98. The van der Waals surface area contributed by atoms with Crippen LogP contribution in [0.5, 0.6) is 5.75 Å². The van der Waals surface area contributed by atoms with E-state index in [1.807, 2.05) is 0 Å². The summed E-state index contributed by atoms with van der Waals surface area (Å²) < 4.78 is 20.5. The summed E-state index contributed by atoms with van der Waals surface area (Å²) >= 11 is 0. The average molecular weight is 890 g/mol. The molecule has 1 saturated heterocycles. The van der Waals surface area contributed by atoms with Crippen molar-refractivity contribution in [2.24, 2.45) is 17.8 Å². The molecule has 2 aromatic rings. The summed E-state index contributed by atoms with van der Waals surface area (Å²) in [5, 5.41) is 41.2. The Morgan fingerprint density at radius 2 is 1.84 bits per heavy atom. The number of hydrazine groups is 1. The number of allylic oxidation sites excluding steroid dienone is 4. The van der Waals surface area contributed by atoms with Crippen LogP contribution in [-0.2, 0) is 39.9 Å². The van der Waals surface area contributed by atoms with Crippen molar-refractivity contribution in [3.05, 3.63) is 102 Å². The zero-order valence-electron chi connectivity index (χ0n) is 36.7. The number of amides is 4. The number of ether oxygens (including phenoxy) is 1. The molecule has 1 fully saturated rings. The van der Waals surface area contributed by atoms with Gasteiger partial charge in [0.05, 0.1) is 18.1 Å². The molecule has 0 spiro atoms. The molecule has 64 heavy (non-hydrogen) atoms. The summed E-state index contributed by atoms with van der Waals surface area (Å²) in [7, 11) is 0. The molecule has 1 unspecified atom stereocenters. The van der Waals surface area contributed by atoms with E-state index in [0.717, 1.165) is 12.1 Å². The van der Waals surface area contributed by atoms with Gasteiger partial charge in [-0.2, -0.15) is 5.48 Å². The van der Waals surface area contributed by atoms with Crippen molar-refractivity contribution >= 4 is 41.2 Å². The molecule has 8 atom stereocenters. The van der Waals surface area contributed by atoms with E-state index in [2.05, 4.69) is 31.8 Å². The van der Waals surface area contributed by atoms with Crippen LogP contribution < -0.4 is 26.9 Å². The smallest absolute Gasteiger partial charge is 0.325 e. The first-order valence-electron chi connectivity index (χ1n) is 21.3. The van der Waals surface area contributed by atoms with Crippen LogP contribution >= 0.6 is 0 Å². The van der Waals surface area contributed by atoms with E-state index in [9.17, 15) is 48.6 Å². The van der Waals surface area contributed by atoms with Gasteiger partial charge in [0.15, 0.2) is 0 Å². The number of hydrogen-bond acceptors (Lipinski definition) is 13. The van der Waals surface area contributed by atoms with Crippen molar-refractivity contribution in [3.63, 3.8) is 0 Å². The second-order valence-corrected chi connectivity index (χ2v) is 16.4. The van der Waals surface area contributed by atoms with Crippen molar-refractivity contribution in [2.75, 3.05) is 11.9 Å². The summed E-state index contributed by atoms with van der Waals surface area (Å²) in [4.78, 5) is 85.1. The van der Waals surface area contributed by atoms with Gasteiger partial charge in [0.25, 0.3) is 5.91 Å². The molecule has 1 aromatic heterocycles. The molecule has 18 heteroatoms. The Bertz CT molecular complexity index is 2060. The maximum atomic E-state index is 14.5. The number of carbonyl (C=O) groups is 6. The summed E-state index contributed by atoms with van der Waals surface area (Å²) in [6.45, 7) is 8.10. The van der Waals surface area contributed by atoms with Gasteiger partial charge in [-0.1, -0.05) is 63.3 Å². The molecule has 3 heterocycles. The SMILES string of the molecule is CC(=O)CC[C@H]1C(=O)N[C@@H](C(C)C)C(=O)N[C@@H](Cc2cc(O)cc(F)c2)C(=O)N2CCCC(N2)C(=O)O[C@H](/C(C)=C/C=C/C(=O)Nc2ccccn2)C/C=C/C=C/[C@H](NO)[C@H](C)[C@H]1O. The van der Waals surface area contributed by atoms with Gasteiger partial charge in [0.2, 0.25) is 17.7 Å². The average Bonchev–Trinajstić information content (AvgIpc) is 3.25. The van der Waals surface area contributed by atoms with E-state index in [1.54, 1.807) is 76.3 Å². The van der Waals surface area contributed by atoms with Crippen molar-refractivity contribution in [3.8, 4) is 5.75 Å². The van der Waals surface area contributed by atoms with Gasteiger partial charge in [-0.05, 0) is 74.4 Å². The third kappa shape index (κ3) is 15.3. The van der Waals surface area contributed by atoms with Crippen molar-refractivity contribution < 1.29 is 53.3 Å². The predicted molar refractivity (Wildman–Crippen MR) is 234 cm³/mol.